The summed E-state index contributed by atoms with van der Waals surface area (Å²) in [4.78, 5) is 13.2. The lowest BCUT2D eigenvalue weighted by Gasteiger charge is -2.47. The van der Waals surface area contributed by atoms with Crippen LogP contribution >= 0.6 is 0 Å². The normalized spacial score (nSPS) is 21.5. The van der Waals surface area contributed by atoms with E-state index in [1.165, 1.54) is 24.1 Å². The molecule has 0 amide bonds. The maximum atomic E-state index is 10.9. The number of carbonyl (C=O) groups excluding carboxylic acids is 1. The molecule has 1 atom stereocenters. The largest absolute Gasteiger partial charge is 0.359 e. The van der Waals surface area contributed by atoms with Crippen molar-refractivity contribution in [3.05, 3.63) is 29.8 Å². The zero-order valence-electron chi connectivity index (χ0n) is 11.6. The topological polar surface area (TPSA) is 20.3 Å². The van der Waals surface area contributed by atoms with Gasteiger partial charge in [-0.25, -0.2) is 0 Å². The Bertz CT molecular complexity index is 425. The van der Waals surface area contributed by atoms with E-state index in [0.29, 0.717) is 12.5 Å². The van der Waals surface area contributed by atoms with Gasteiger partial charge in [0.1, 0.15) is 6.29 Å². The minimum absolute atomic E-state index is 0.0646. The van der Waals surface area contributed by atoms with E-state index in [9.17, 15) is 4.79 Å². The van der Waals surface area contributed by atoms with Gasteiger partial charge in [-0.3, -0.25) is 0 Å². The molecule has 98 valence electrons. The first-order chi connectivity index (χ1) is 8.60. The lowest BCUT2D eigenvalue weighted by atomic mass is 9.77. The highest BCUT2D eigenvalue weighted by molar-refractivity contribution is 5.67. The van der Waals surface area contributed by atoms with E-state index in [4.69, 9.17) is 0 Å². The summed E-state index contributed by atoms with van der Waals surface area (Å²) in [6.45, 7) is 7.22. The molecule has 1 aromatic rings. The number of fused-ring (bicyclic) bond motifs is 1. The predicted molar refractivity (Wildman–Crippen MR) is 76.2 cm³/mol. The molecule has 1 aliphatic rings. The molecule has 0 spiro atoms. The number of nitrogens with zero attached hydrogens (tertiary/aromatic N) is 1. The average molecular weight is 245 g/mol. The molecule has 0 saturated carbocycles. The van der Waals surface area contributed by atoms with E-state index in [0.717, 1.165) is 12.7 Å². The number of carbonyl (C=O) groups is 1. The Labute approximate surface area is 110 Å². The number of aldehydes is 1. The summed E-state index contributed by atoms with van der Waals surface area (Å²) in [6.07, 6.45) is 4.59. The van der Waals surface area contributed by atoms with Crippen molar-refractivity contribution in [2.75, 3.05) is 11.4 Å². The van der Waals surface area contributed by atoms with Crippen LogP contribution in [0.5, 0.6) is 0 Å². The third-order valence-electron chi connectivity index (χ3n) is 4.04. The Hall–Kier alpha value is -1.31. The quantitative estimate of drug-likeness (QED) is 0.753. The molecule has 0 N–H and O–H groups in total. The van der Waals surface area contributed by atoms with E-state index >= 15 is 0 Å². The lowest BCUT2D eigenvalue weighted by molar-refractivity contribution is -0.107. The monoisotopic (exact) mass is 245 g/mol. The summed E-state index contributed by atoms with van der Waals surface area (Å²) in [5.41, 5.74) is 2.73. The second kappa shape index (κ2) is 5.13. The van der Waals surface area contributed by atoms with E-state index in [1.54, 1.807) is 0 Å². The summed E-state index contributed by atoms with van der Waals surface area (Å²) in [5, 5.41) is 0. The molecule has 0 aromatic heterocycles. The van der Waals surface area contributed by atoms with Gasteiger partial charge in [0.25, 0.3) is 0 Å². The number of hydrogen-bond donors (Lipinski definition) is 0. The van der Waals surface area contributed by atoms with Gasteiger partial charge in [0.05, 0.1) is 6.54 Å². The molecule has 18 heavy (non-hydrogen) atoms. The second-order valence-corrected chi connectivity index (χ2v) is 5.84. The summed E-state index contributed by atoms with van der Waals surface area (Å²) in [6, 6.07) is 8.56. The highest BCUT2D eigenvalue weighted by atomic mass is 16.1. The minimum Gasteiger partial charge on any atom is -0.359 e. The summed E-state index contributed by atoms with van der Waals surface area (Å²) in [5.74, 6) is 0.629. The van der Waals surface area contributed by atoms with Crippen LogP contribution < -0.4 is 4.90 Å². The van der Waals surface area contributed by atoms with Crippen LogP contribution in [0.2, 0.25) is 0 Å². The Balaban J connectivity index is 2.44. The number of rotatable bonds is 4. The Morgan fingerprint density at radius 1 is 1.39 bits per heavy atom. The molecule has 0 saturated heterocycles. The van der Waals surface area contributed by atoms with Crippen LogP contribution in [0.1, 0.15) is 51.5 Å². The van der Waals surface area contributed by atoms with Crippen molar-refractivity contribution in [1.82, 2.24) is 0 Å². The van der Waals surface area contributed by atoms with E-state index in [1.807, 2.05) is 0 Å². The maximum Gasteiger partial charge on any atom is 0.139 e. The van der Waals surface area contributed by atoms with Gasteiger partial charge in [0.2, 0.25) is 0 Å². The predicted octanol–water partition coefficient (Wildman–Crippen LogP) is 3.76. The molecular weight excluding hydrogens is 222 g/mol. The van der Waals surface area contributed by atoms with E-state index in [2.05, 4.69) is 49.9 Å². The van der Waals surface area contributed by atoms with Crippen molar-refractivity contribution >= 4 is 12.0 Å². The van der Waals surface area contributed by atoms with Crippen LogP contribution in [0.25, 0.3) is 0 Å². The van der Waals surface area contributed by atoms with Gasteiger partial charge in [-0.15, -0.1) is 0 Å². The fourth-order valence-corrected chi connectivity index (χ4v) is 3.25. The van der Waals surface area contributed by atoms with Gasteiger partial charge >= 0.3 is 0 Å². The highest BCUT2D eigenvalue weighted by Crippen LogP contribution is 2.44. The van der Waals surface area contributed by atoms with Crippen LogP contribution in [0.3, 0.4) is 0 Å². The first kappa shape index (κ1) is 13.1. The SMILES string of the molecule is CCC[C@@H]1CC(C)(C)N(CC=O)c2ccccc21. The lowest BCUT2D eigenvalue weighted by Crippen LogP contribution is -2.49. The first-order valence-electron chi connectivity index (χ1n) is 6.90. The first-order valence-corrected chi connectivity index (χ1v) is 6.90. The van der Waals surface area contributed by atoms with Gasteiger partial charge in [-0.1, -0.05) is 31.5 Å². The van der Waals surface area contributed by atoms with E-state index < -0.39 is 0 Å². The van der Waals surface area contributed by atoms with Gasteiger partial charge in [0.15, 0.2) is 0 Å². The maximum absolute atomic E-state index is 10.9. The third kappa shape index (κ3) is 2.29. The van der Waals surface area contributed by atoms with Gasteiger partial charge < -0.3 is 9.69 Å². The van der Waals surface area contributed by atoms with Crippen molar-refractivity contribution < 1.29 is 4.79 Å². The molecule has 2 rings (SSSR count). The molecule has 0 bridgehead atoms. The molecule has 0 unspecified atom stereocenters. The summed E-state index contributed by atoms with van der Waals surface area (Å²) in [7, 11) is 0. The van der Waals surface area contributed by atoms with Crippen molar-refractivity contribution in [2.45, 2.75) is 51.5 Å². The molecule has 1 aromatic carbocycles. The van der Waals surface area contributed by atoms with Gasteiger partial charge in [-0.05, 0) is 44.2 Å². The van der Waals surface area contributed by atoms with Crippen molar-refractivity contribution in [2.24, 2.45) is 0 Å². The zero-order valence-corrected chi connectivity index (χ0v) is 11.6. The molecule has 2 nitrogen and oxygen atoms in total. The Kier molecular flexibility index (Phi) is 3.74. The van der Waals surface area contributed by atoms with Crippen LogP contribution in [-0.2, 0) is 4.79 Å². The second-order valence-electron chi connectivity index (χ2n) is 5.84. The number of hydrogen-bond acceptors (Lipinski definition) is 2. The Morgan fingerprint density at radius 2 is 2.11 bits per heavy atom. The molecule has 0 fully saturated rings. The highest BCUT2D eigenvalue weighted by Gasteiger charge is 2.36. The zero-order chi connectivity index (χ0) is 13.2. The number of benzene rings is 1. The van der Waals surface area contributed by atoms with Crippen LogP contribution in [-0.4, -0.2) is 18.4 Å². The number of anilines is 1. The summed E-state index contributed by atoms with van der Waals surface area (Å²) < 4.78 is 0. The minimum atomic E-state index is 0.0646. The van der Waals surface area contributed by atoms with Crippen molar-refractivity contribution in [3.63, 3.8) is 0 Å². The smallest absolute Gasteiger partial charge is 0.139 e. The fraction of sp³-hybridized carbons (Fsp3) is 0.562. The van der Waals surface area contributed by atoms with Crippen LogP contribution in [0.15, 0.2) is 24.3 Å². The van der Waals surface area contributed by atoms with Crippen molar-refractivity contribution in [3.8, 4) is 0 Å². The average Bonchev–Trinajstić information content (AvgIpc) is 2.34. The molecular formula is C16H23NO. The van der Waals surface area contributed by atoms with E-state index in [-0.39, 0.29) is 5.54 Å². The molecule has 1 heterocycles. The van der Waals surface area contributed by atoms with Crippen molar-refractivity contribution in [1.29, 1.82) is 0 Å². The fourth-order valence-electron chi connectivity index (χ4n) is 3.25. The molecule has 0 radical (unpaired) electrons. The molecule has 0 aliphatic carbocycles. The Morgan fingerprint density at radius 3 is 2.78 bits per heavy atom. The van der Waals surface area contributed by atoms with Gasteiger partial charge in [0, 0.05) is 11.2 Å². The van der Waals surface area contributed by atoms with Gasteiger partial charge in [-0.2, -0.15) is 0 Å². The molecule has 1 aliphatic heterocycles. The molecule has 2 heteroatoms. The van der Waals surface area contributed by atoms with Crippen LogP contribution in [0.4, 0.5) is 5.69 Å². The van der Waals surface area contributed by atoms with Crippen LogP contribution in [0, 0.1) is 0 Å². The third-order valence-corrected chi connectivity index (χ3v) is 4.04. The summed E-state index contributed by atoms with van der Waals surface area (Å²) >= 11 is 0. The number of para-hydroxylation sites is 1. The standard InChI is InChI=1S/C16H23NO/c1-4-7-13-12-16(2,3)17(10-11-18)15-9-6-5-8-14(13)15/h5-6,8-9,11,13H,4,7,10,12H2,1-3H3/t13-/m1/s1.